The molecule has 3 fully saturated rings. The summed E-state index contributed by atoms with van der Waals surface area (Å²) in [5.41, 5.74) is 2.41. The summed E-state index contributed by atoms with van der Waals surface area (Å²) in [7, 11) is 0. The Bertz CT molecular complexity index is 2090. The Labute approximate surface area is 282 Å². The molecule has 2 bridgehead atoms. The monoisotopic (exact) mass is 684 g/mol. The number of thiazole rings is 1. The Morgan fingerprint density at radius 2 is 1.52 bits per heavy atom. The second-order valence-electron chi connectivity index (χ2n) is 12.5. The highest BCUT2D eigenvalue weighted by Gasteiger charge is 2.70. The van der Waals surface area contributed by atoms with E-state index < -0.39 is 5.92 Å². The van der Waals surface area contributed by atoms with Crippen LogP contribution in [0.5, 0.6) is 0 Å². The number of amides is 2. The predicted molar refractivity (Wildman–Crippen MR) is 181 cm³/mol. The van der Waals surface area contributed by atoms with E-state index in [9.17, 15) is 14.4 Å². The Morgan fingerprint density at radius 3 is 2.28 bits per heavy atom. The zero-order chi connectivity index (χ0) is 31.3. The van der Waals surface area contributed by atoms with E-state index in [1.165, 1.54) is 16.2 Å². The third-order valence-electron chi connectivity index (χ3n) is 10.3. The van der Waals surface area contributed by atoms with Crippen molar-refractivity contribution >= 4 is 63.8 Å². The van der Waals surface area contributed by atoms with Gasteiger partial charge in [0.25, 0.3) is 0 Å². The van der Waals surface area contributed by atoms with Crippen molar-refractivity contribution in [1.82, 2.24) is 4.57 Å². The number of rotatable bonds is 5. The molecule has 6 nitrogen and oxygen atoms in total. The zero-order valence-electron chi connectivity index (χ0n) is 24.2. The summed E-state index contributed by atoms with van der Waals surface area (Å²) in [6.07, 6.45) is 0.802. The number of benzene rings is 3. The predicted octanol–water partition coefficient (Wildman–Crippen LogP) is 8.20. The molecule has 0 unspecified atom stereocenters. The summed E-state index contributed by atoms with van der Waals surface area (Å²) in [5.74, 6) is 0.161. The van der Waals surface area contributed by atoms with Crippen LogP contribution in [0.25, 0.3) is 11.3 Å². The SMILES string of the molecule is O=C1[C@@H]2[C@H]3C[C@@H]([C@@H]2C(=O)N1c1ccc(Cl)cc1)[C@@H]1[C@@H](c2ccc(-c4ccccc4Cl)o2)c2sc(=O)n(Cc4ccccc4)c2S[C@H]31. The Morgan fingerprint density at radius 1 is 0.804 bits per heavy atom. The Kier molecular flexibility index (Phi) is 6.69. The summed E-state index contributed by atoms with van der Waals surface area (Å²) in [6, 6.07) is 28.4. The number of halogens is 2. The number of hydrogen-bond donors (Lipinski definition) is 0. The van der Waals surface area contributed by atoms with Crippen molar-refractivity contribution in [3.05, 3.63) is 127 Å². The van der Waals surface area contributed by atoms with E-state index in [1.54, 1.807) is 36.0 Å². The second-order valence-corrected chi connectivity index (χ2v) is 15.5. The Balaban J connectivity index is 1.16. The molecule has 2 aliphatic carbocycles. The molecule has 2 aliphatic heterocycles. The lowest BCUT2D eigenvalue weighted by Gasteiger charge is -2.42. The van der Waals surface area contributed by atoms with Crippen molar-refractivity contribution in [3.63, 3.8) is 0 Å². The van der Waals surface area contributed by atoms with Gasteiger partial charge in [-0.3, -0.25) is 23.9 Å². The van der Waals surface area contributed by atoms with Gasteiger partial charge < -0.3 is 4.42 Å². The highest BCUT2D eigenvalue weighted by molar-refractivity contribution is 8.00. The van der Waals surface area contributed by atoms with Crippen LogP contribution in [0.4, 0.5) is 5.69 Å². The van der Waals surface area contributed by atoms with Gasteiger partial charge in [-0.1, -0.05) is 77.0 Å². The second kappa shape index (κ2) is 10.7. The molecule has 1 saturated heterocycles. The zero-order valence-corrected chi connectivity index (χ0v) is 27.4. The molecule has 10 heteroatoms. The molecule has 9 rings (SSSR count). The van der Waals surface area contributed by atoms with Gasteiger partial charge in [-0.15, -0.1) is 11.8 Å². The summed E-state index contributed by atoms with van der Waals surface area (Å²) >= 11 is 15.7. The molecule has 230 valence electrons. The van der Waals surface area contributed by atoms with Gasteiger partial charge in [0.2, 0.25) is 11.8 Å². The van der Waals surface area contributed by atoms with Gasteiger partial charge >= 0.3 is 4.87 Å². The molecular formula is C36H26Cl2N2O4S2. The van der Waals surface area contributed by atoms with Crippen molar-refractivity contribution in [1.29, 1.82) is 0 Å². The molecule has 2 amide bonds. The number of carbonyl (C=O) groups is 2. The van der Waals surface area contributed by atoms with Crippen LogP contribution in [0.2, 0.25) is 10.0 Å². The fourth-order valence-corrected chi connectivity index (χ4v) is 12.0. The van der Waals surface area contributed by atoms with E-state index in [4.69, 9.17) is 27.6 Å². The largest absolute Gasteiger partial charge is 0.460 e. The van der Waals surface area contributed by atoms with E-state index in [0.29, 0.717) is 28.0 Å². The quantitative estimate of drug-likeness (QED) is 0.175. The number of thioether (sulfide) groups is 1. The molecule has 5 aromatic rings. The van der Waals surface area contributed by atoms with Gasteiger partial charge in [-0.2, -0.15) is 0 Å². The average Bonchev–Trinajstić information content (AvgIpc) is 3.87. The maximum absolute atomic E-state index is 14.1. The van der Waals surface area contributed by atoms with E-state index in [1.807, 2.05) is 71.3 Å². The molecular weight excluding hydrogens is 659 g/mol. The van der Waals surface area contributed by atoms with E-state index in [-0.39, 0.29) is 51.5 Å². The van der Waals surface area contributed by atoms with Crippen LogP contribution in [0.3, 0.4) is 0 Å². The van der Waals surface area contributed by atoms with E-state index >= 15 is 0 Å². The highest BCUT2D eigenvalue weighted by Crippen LogP contribution is 2.69. The highest BCUT2D eigenvalue weighted by atomic mass is 35.5. The van der Waals surface area contributed by atoms with Crippen molar-refractivity contribution in [2.75, 3.05) is 4.90 Å². The van der Waals surface area contributed by atoms with Crippen molar-refractivity contribution in [2.24, 2.45) is 29.6 Å². The van der Waals surface area contributed by atoms with Crippen LogP contribution in [-0.2, 0) is 16.1 Å². The summed E-state index contributed by atoms with van der Waals surface area (Å²) in [5, 5.41) is 2.14. The van der Waals surface area contributed by atoms with Crippen LogP contribution in [0, 0.1) is 29.6 Å². The molecule has 7 atom stereocenters. The van der Waals surface area contributed by atoms with Gasteiger partial charge in [0.05, 0.1) is 44.9 Å². The number of aromatic nitrogens is 1. The summed E-state index contributed by atoms with van der Waals surface area (Å²) in [4.78, 5) is 44.1. The molecule has 4 heterocycles. The normalized spacial score (nSPS) is 27.6. The van der Waals surface area contributed by atoms with Crippen LogP contribution < -0.4 is 9.77 Å². The van der Waals surface area contributed by atoms with Crippen LogP contribution in [0.15, 0.2) is 105 Å². The fraction of sp³-hybridized carbons (Fsp3) is 0.250. The molecule has 2 aromatic heterocycles. The Hall–Kier alpha value is -3.56. The van der Waals surface area contributed by atoms with Gasteiger partial charge in [-0.25, -0.2) is 0 Å². The fourth-order valence-electron chi connectivity index (χ4n) is 8.51. The van der Waals surface area contributed by atoms with Gasteiger partial charge in [0.1, 0.15) is 11.5 Å². The van der Waals surface area contributed by atoms with Crippen molar-refractivity contribution < 1.29 is 14.0 Å². The molecule has 4 aliphatic rings. The molecule has 0 radical (unpaired) electrons. The number of carbonyl (C=O) groups excluding carboxylic acids is 2. The number of nitrogens with zero attached hydrogens (tertiary/aromatic N) is 2. The van der Waals surface area contributed by atoms with Gasteiger partial charge in [-0.05, 0) is 78.3 Å². The summed E-state index contributed by atoms with van der Waals surface area (Å²) < 4.78 is 8.50. The first-order valence-corrected chi connectivity index (χ1v) is 17.8. The first-order chi connectivity index (χ1) is 22.4. The van der Waals surface area contributed by atoms with Crippen molar-refractivity contribution in [2.45, 2.75) is 29.2 Å². The number of anilines is 1. The smallest absolute Gasteiger partial charge is 0.308 e. The minimum absolute atomic E-state index is 0.00702. The molecule has 0 spiro atoms. The van der Waals surface area contributed by atoms with E-state index in [2.05, 4.69) is 0 Å². The lowest BCUT2D eigenvalue weighted by molar-refractivity contribution is -0.123. The minimum Gasteiger partial charge on any atom is -0.460 e. The number of hydrogen-bond acceptors (Lipinski definition) is 6. The lowest BCUT2D eigenvalue weighted by Crippen LogP contribution is -2.43. The number of furan rings is 1. The maximum atomic E-state index is 14.1. The molecule has 3 aromatic carbocycles. The molecule has 0 N–H and O–H groups in total. The standard InChI is InChI=1S/C36H26Cl2N2O4S2/c37-19-10-12-20(13-11-19)40-33(41)28-22-16-23(29(28)34(40)42)31-27(22)30(26-15-14-25(44-26)21-8-4-5-9-24(21)38)32-35(45-31)39(36(43)46-32)17-18-6-2-1-3-7-18/h1-15,22-23,27-31H,16-17H2/t22-,23-,27-,28+,29-,30-,31-/m1/s1. The van der Waals surface area contributed by atoms with Crippen LogP contribution in [-0.4, -0.2) is 21.6 Å². The van der Waals surface area contributed by atoms with Crippen LogP contribution >= 0.6 is 46.3 Å². The molecule has 46 heavy (non-hydrogen) atoms. The average molecular weight is 686 g/mol. The topological polar surface area (TPSA) is 72.5 Å². The maximum Gasteiger partial charge on any atom is 0.308 e. The first kappa shape index (κ1) is 28.6. The first-order valence-electron chi connectivity index (χ1n) is 15.3. The summed E-state index contributed by atoms with van der Waals surface area (Å²) in [6.45, 7) is 0.466. The molecule has 2 saturated carbocycles. The van der Waals surface area contributed by atoms with Crippen molar-refractivity contribution in [3.8, 4) is 11.3 Å². The number of imide groups is 1. The number of fused-ring (bicyclic) bond motifs is 9. The van der Waals surface area contributed by atoms with Gasteiger partial charge in [0.15, 0.2) is 0 Å². The third-order valence-corrected chi connectivity index (χ3v) is 13.7. The lowest BCUT2D eigenvalue weighted by atomic mass is 9.69. The third kappa shape index (κ3) is 4.20. The van der Waals surface area contributed by atoms with Gasteiger partial charge in [0, 0.05) is 15.8 Å². The van der Waals surface area contributed by atoms with E-state index in [0.717, 1.165) is 33.2 Å². The van der Waals surface area contributed by atoms with Crippen LogP contribution in [0.1, 0.15) is 28.5 Å². The minimum atomic E-state index is -0.403.